The molecular formula is C14H15ClO3S. The third-order valence-electron chi connectivity index (χ3n) is 2.52. The third-order valence-corrected chi connectivity index (χ3v) is 3.83. The van der Waals surface area contributed by atoms with Crippen LogP contribution in [0.25, 0.3) is 5.76 Å². The van der Waals surface area contributed by atoms with Crippen molar-refractivity contribution < 1.29 is 14.3 Å². The Balaban J connectivity index is 2.38. The lowest BCUT2D eigenvalue weighted by atomic mass is 10.2. The highest BCUT2D eigenvalue weighted by molar-refractivity contribution is 7.10. The van der Waals surface area contributed by atoms with Crippen molar-refractivity contribution in [3.63, 3.8) is 0 Å². The van der Waals surface area contributed by atoms with Crippen LogP contribution in [0.3, 0.4) is 0 Å². The molecule has 0 bridgehead atoms. The first-order valence-electron chi connectivity index (χ1n) is 5.94. The number of ether oxygens (including phenoxy) is 1. The van der Waals surface area contributed by atoms with Crippen LogP contribution in [0.15, 0.2) is 39.1 Å². The number of aryl methyl sites for hydroxylation is 1. The summed E-state index contributed by atoms with van der Waals surface area (Å²) in [6.45, 7) is 4.15. The van der Waals surface area contributed by atoms with Gasteiger partial charge in [-0.15, -0.1) is 11.3 Å². The van der Waals surface area contributed by atoms with Crippen molar-refractivity contribution in [3.05, 3.63) is 51.1 Å². The number of aliphatic hydroxyl groups is 1. The number of halogens is 1. The molecule has 1 unspecified atom stereocenters. The molecule has 102 valence electrons. The highest BCUT2D eigenvalue weighted by Crippen LogP contribution is 2.35. The summed E-state index contributed by atoms with van der Waals surface area (Å²) in [5.74, 6) is 1.68. The maximum absolute atomic E-state index is 10.2. The second kappa shape index (κ2) is 6.28. The zero-order valence-corrected chi connectivity index (χ0v) is 12.3. The normalized spacial score (nSPS) is 14.1. The number of hydrogen-bond donors (Lipinski definition) is 1. The molecule has 0 radical (unpaired) electrons. The Labute approximate surface area is 121 Å². The summed E-state index contributed by atoms with van der Waals surface area (Å²) in [4.78, 5) is 0.769. The van der Waals surface area contributed by atoms with Crippen molar-refractivity contribution in [1.82, 2.24) is 0 Å². The zero-order valence-electron chi connectivity index (χ0n) is 10.7. The Bertz CT molecular complexity index is 557. The first kappa shape index (κ1) is 14.2. The van der Waals surface area contributed by atoms with Crippen LogP contribution in [-0.4, -0.2) is 11.7 Å². The SMILES string of the molecule is CCO/C(=C(/Cl)C(O)c1cccs1)c1ccc(C)o1. The van der Waals surface area contributed by atoms with Gasteiger partial charge in [0.1, 0.15) is 11.9 Å². The summed E-state index contributed by atoms with van der Waals surface area (Å²) >= 11 is 7.70. The fraction of sp³-hybridized carbons (Fsp3) is 0.286. The predicted molar refractivity (Wildman–Crippen MR) is 77.1 cm³/mol. The van der Waals surface area contributed by atoms with E-state index in [2.05, 4.69) is 0 Å². The minimum Gasteiger partial charge on any atom is -0.489 e. The van der Waals surface area contributed by atoms with Gasteiger partial charge in [-0.3, -0.25) is 0 Å². The first-order valence-corrected chi connectivity index (χ1v) is 7.20. The van der Waals surface area contributed by atoms with Gasteiger partial charge < -0.3 is 14.3 Å². The molecule has 0 aliphatic rings. The molecule has 19 heavy (non-hydrogen) atoms. The molecule has 0 saturated heterocycles. The molecule has 2 aromatic rings. The molecule has 5 heteroatoms. The molecule has 0 spiro atoms. The number of hydrogen-bond acceptors (Lipinski definition) is 4. The Hall–Kier alpha value is -1.23. The monoisotopic (exact) mass is 298 g/mol. The second-order valence-corrected chi connectivity index (χ2v) is 5.32. The Morgan fingerprint density at radius 1 is 1.47 bits per heavy atom. The van der Waals surface area contributed by atoms with Crippen LogP contribution in [0.2, 0.25) is 0 Å². The quantitative estimate of drug-likeness (QED) is 0.836. The summed E-state index contributed by atoms with van der Waals surface area (Å²) in [6.07, 6.45) is -0.895. The third kappa shape index (κ3) is 3.21. The van der Waals surface area contributed by atoms with Crippen LogP contribution in [0.4, 0.5) is 0 Å². The van der Waals surface area contributed by atoms with Gasteiger partial charge in [0.15, 0.2) is 11.5 Å². The number of furan rings is 1. The highest BCUT2D eigenvalue weighted by atomic mass is 35.5. The maximum atomic E-state index is 10.2. The summed E-state index contributed by atoms with van der Waals surface area (Å²) in [6, 6.07) is 7.30. The van der Waals surface area contributed by atoms with Crippen LogP contribution in [-0.2, 0) is 4.74 Å². The lowest BCUT2D eigenvalue weighted by Crippen LogP contribution is -2.01. The van der Waals surface area contributed by atoms with Gasteiger partial charge in [-0.2, -0.15) is 0 Å². The smallest absolute Gasteiger partial charge is 0.179 e. The van der Waals surface area contributed by atoms with Gasteiger partial charge >= 0.3 is 0 Å². The van der Waals surface area contributed by atoms with Crippen LogP contribution in [0.1, 0.15) is 29.4 Å². The molecule has 1 N–H and O–H groups in total. The Kier molecular flexibility index (Phi) is 4.69. The summed E-state index contributed by atoms with van der Waals surface area (Å²) in [5.41, 5.74) is 0. The van der Waals surface area contributed by atoms with Crippen LogP contribution >= 0.6 is 22.9 Å². The molecule has 0 amide bonds. The molecule has 2 aromatic heterocycles. The molecule has 0 aliphatic carbocycles. The van der Waals surface area contributed by atoms with Crippen molar-refractivity contribution in [2.24, 2.45) is 0 Å². The van der Waals surface area contributed by atoms with Gasteiger partial charge in [0.05, 0.1) is 11.6 Å². The van der Waals surface area contributed by atoms with Crippen molar-refractivity contribution in [3.8, 4) is 0 Å². The topological polar surface area (TPSA) is 42.6 Å². The van der Waals surface area contributed by atoms with Gasteiger partial charge in [-0.1, -0.05) is 17.7 Å². The van der Waals surface area contributed by atoms with E-state index in [1.54, 1.807) is 6.07 Å². The summed E-state index contributed by atoms with van der Waals surface area (Å²) in [5, 5.41) is 12.4. The van der Waals surface area contributed by atoms with Gasteiger partial charge in [0, 0.05) is 4.88 Å². The number of aliphatic hydroxyl groups excluding tert-OH is 1. The molecule has 3 nitrogen and oxygen atoms in total. The van der Waals surface area contributed by atoms with Crippen molar-refractivity contribution in [2.75, 3.05) is 6.61 Å². The molecule has 0 saturated carbocycles. The van der Waals surface area contributed by atoms with E-state index in [9.17, 15) is 5.11 Å². The fourth-order valence-corrected chi connectivity index (χ4v) is 2.70. The average molecular weight is 299 g/mol. The van der Waals surface area contributed by atoms with E-state index in [-0.39, 0.29) is 5.03 Å². The van der Waals surface area contributed by atoms with E-state index in [4.69, 9.17) is 20.8 Å². The van der Waals surface area contributed by atoms with E-state index < -0.39 is 6.10 Å². The van der Waals surface area contributed by atoms with Crippen molar-refractivity contribution >= 4 is 28.7 Å². The standard InChI is InChI=1S/C14H15ClO3S/c1-3-17-14(10-7-6-9(2)18-10)12(15)13(16)11-5-4-8-19-11/h4-8,13,16H,3H2,1-2H3/b14-12+. The van der Waals surface area contributed by atoms with Gasteiger partial charge in [-0.05, 0) is 37.4 Å². The number of rotatable bonds is 5. The van der Waals surface area contributed by atoms with Crippen LogP contribution in [0.5, 0.6) is 0 Å². The van der Waals surface area contributed by atoms with E-state index in [1.165, 1.54) is 11.3 Å². The predicted octanol–water partition coefficient (Wildman–Crippen LogP) is 4.33. The minimum absolute atomic E-state index is 0.235. The lowest BCUT2D eigenvalue weighted by Gasteiger charge is -2.13. The second-order valence-electron chi connectivity index (χ2n) is 3.94. The molecule has 0 aromatic carbocycles. The minimum atomic E-state index is -0.895. The summed E-state index contributed by atoms with van der Waals surface area (Å²) < 4.78 is 11.0. The summed E-state index contributed by atoms with van der Waals surface area (Å²) in [7, 11) is 0. The van der Waals surface area contributed by atoms with Crippen molar-refractivity contribution in [1.29, 1.82) is 0 Å². The van der Waals surface area contributed by atoms with Crippen LogP contribution < -0.4 is 0 Å². The molecule has 2 rings (SSSR count). The van der Waals surface area contributed by atoms with E-state index >= 15 is 0 Å². The van der Waals surface area contributed by atoms with Gasteiger partial charge in [0.2, 0.25) is 0 Å². The molecular weight excluding hydrogens is 284 g/mol. The highest BCUT2D eigenvalue weighted by Gasteiger charge is 2.21. The maximum Gasteiger partial charge on any atom is 0.179 e. The first-order chi connectivity index (χ1) is 9.13. The molecule has 2 heterocycles. The Morgan fingerprint density at radius 3 is 2.79 bits per heavy atom. The van der Waals surface area contributed by atoms with Gasteiger partial charge in [-0.25, -0.2) is 0 Å². The fourth-order valence-electron chi connectivity index (χ4n) is 1.65. The largest absolute Gasteiger partial charge is 0.489 e. The Morgan fingerprint density at radius 2 is 2.26 bits per heavy atom. The number of thiophene rings is 1. The van der Waals surface area contributed by atoms with E-state index in [1.807, 2.05) is 37.4 Å². The zero-order chi connectivity index (χ0) is 13.8. The molecule has 0 aliphatic heterocycles. The molecule has 0 fully saturated rings. The van der Waals surface area contributed by atoms with E-state index in [0.717, 1.165) is 10.6 Å². The lowest BCUT2D eigenvalue weighted by molar-refractivity contribution is 0.218. The van der Waals surface area contributed by atoms with Gasteiger partial charge in [0.25, 0.3) is 0 Å². The van der Waals surface area contributed by atoms with E-state index in [0.29, 0.717) is 18.1 Å². The average Bonchev–Trinajstić information content (AvgIpc) is 3.05. The van der Waals surface area contributed by atoms with Crippen molar-refractivity contribution in [2.45, 2.75) is 20.0 Å². The molecule has 1 atom stereocenters. The van der Waals surface area contributed by atoms with Crippen LogP contribution in [0, 0.1) is 6.92 Å².